The fraction of sp³-hybridized carbons (Fsp3) is 0.615. The van der Waals surface area contributed by atoms with Crippen LogP contribution in [-0.4, -0.2) is 60.0 Å². The molecule has 1 aromatic heterocycles. The molecule has 0 saturated carbocycles. The Labute approximate surface area is 117 Å². The Hall–Kier alpha value is -1.76. The summed E-state index contributed by atoms with van der Waals surface area (Å²) in [5.41, 5.74) is -1.23. The summed E-state index contributed by atoms with van der Waals surface area (Å²) in [7, 11) is 0. The summed E-state index contributed by atoms with van der Waals surface area (Å²) in [4.78, 5) is 12.2. The average Bonchev–Trinajstić information content (AvgIpc) is 2.49. The molecule has 2 heterocycles. The van der Waals surface area contributed by atoms with Crippen molar-refractivity contribution < 1.29 is 13.9 Å². The first-order valence-corrected chi connectivity index (χ1v) is 6.71. The fourth-order valence-corrected chi connectivity index (χ4v) is 2.11. The first-order chi connectivity index (χ1) is 9.72. The van der Waals surface area contributed by atoms with Crippen LogP contribution in [0.25, 0.3) is 0 Å². The number of nitrogens with zero attached hydrogens (tertiary/aromatic N) is 3. The van der Waals surface area contributed by atoms with Gasteiger partial charge in [0.1, 0.15) is 12.3 Å². The number of alkyl halides is 1. The minimum absolute atomic E-state index is 0.281. The molecule has 1 fully saturated rings. The zero-order valence-electron chi connectivity index (χ0n) is 11.3. The zero-order valence-corrected chi connectivity index (χ0v) is 11.3. The van der Waals surface area contributed by atoms with Crippen molar-refractivity contribution in [3.8, 4) is 5.88 Å². The lowest BCUT2D eigenvalue weighted by molar-refractivity contribution is -0.120. The Morgan fingerprint density at radius 2 is 2.30 bits per heavy atom. The molecule has 1 aliphatic heterocycles. The molecule has 0 aliphatic carbocycles. The van der Waals surface area contributed by atoms with Crippen LogP contribution in [0.3, 0.4) is 0 Å². The second-order valence-electron chi connectivity index (χ2n) is 4.88. The monoisotopic (exact) mass is 282 g/mol. The number of likely N-dealkylation sites (tertiary alicyclic amines) is 1. The molecule has 1 N–H and O–H groups in total. The van der Waals surface area contributed by atoms with E-state index in [9.17, 15) is 9.18 Å². The van der Waals surface area contributed by atoms with Gasteiger partial charge < -0.3 is 15.0 Å². The largest absolute Gasteiger partial charge is 0.475 e. The maximum absolute atomic E-state index is 14.4. The quantitative estimate of drug-likeness (QED) is 0.579. The number of ether oxygens (including phenoxy) is 1. The van der Waals surface area contributed by atoms with Gasteiger partial charge in [0.25, 0.3) is 0 Å². The second-order valence-corrected chi connectivity index (χ2v) is 4.88. The zero-order chi connectivity index (χ0) is 14.3. The first-order valence-electron chi connectivity index (χ1n) is 6.71. The number of hydrogen-bond acceptors (Lipinski definition) is 5. The molecule has 7 heteroatoms. The topological polar surface area (TPSA) is 67.4 Å². The van der Waals surface area contributed by atoms with E-state index >= 15 is 0 Å². The molecule has 0 unspecified atom stereocenters. The fourth-order valence-electron chi connectivity index (χ4n) is 2.11. The molecule has 0 aromatic carbocycles. The average molecular weight is 282 g/mol. The number of aromatic nitrogens is 2. The molecule has 2 rings (SSSR count). The summed E-state index contributed by atoms with van der Waals surface area (Å²) in [6, 6.07) is 3.46. The van der Waals surface area contributed by atoms with Crippen LogP contribution in [-0.2, 0) is 4.79 Å². The number of rotatable bonds is 7. The van der Waals surface area contributed by atoms with Gasteiger partial charge in [-0.3, -0.25) is 4.79 Å². The van der Waals surface area contributed by atoms with E-state index in [1.54, 1.807) is 23.2 Å². The van der Waals surface area contributed by atoms with Crippen LogP contribution in [0.4, 0.5) is 4.39 Å². The van der Waals surface area contributed by atoms with E-state index in [1.165, 1.54) is 0 Å². The minimum atomic E-state index is -1.23. The van der Waals surface area contributed by atoms with E-state index in [4.69, 9.17) is 4.74 Å². The Bertz CT molecular complexity index is 410. The molecule has 1 saturated heterocycles. The van der Waals surface area contributed by atoms with E-state index < -0.39 is 5.67 Å². The molecule has 0 radical (unpaired) electrons. The molecule has 0 spiro atoms. The SMILES string of the molecule is O=CN1CCC(F)(CNCCOc2cccnn2)CC1. The lowest BCUT2D eigenvalue weighted by Crippen LogP contribution is -2.47. The summed E-state index contributed by atoms with van der Waals surface area (Å²) in [5.74, 6) is 0.462. The maximum Gasteiger partial charge on any atom is 0.233 e. The van der Waals surface area contributed by atoms with Gasteiger partial charge in [-0.1, -0.05) is 0 Å². The number of carbonyl (C=O) groups is 1. The minimum Gasteiger partial charge on any atom is -0.475 e. The van der Waals surface area contributed by atoms with Crippen molar-refractivity contribution >= 4 is 6.41 Å². The third-order valence-corrected chi connectivity index (χ3v) is 3.36. The molecule has 1 aliphatic rings. The Balaban J connectivity index is 1.60. The van der Waals surface area contributed by atoms with E-state index in [0.29, 0.717) is 45.0 Å². The van der Waals surface area contributed by atoms with Gasteiger partial charge in [-0.05, 0) is 6.07 Å². The van der Waals surface area contributed by atoms with Crippen LogP contribution in [0.5, 0.6) is 5.88 Å². The van der Waals surface area contributed by atoms with Crippen LogP contribution in [0.2, 0.25) is 0 Å². The maximum atomic E-state index is 14.4. The molecule has 20 heavy (non-hydrogen) atoms. The van der Waals surface area contributed by atoms with E-state index in [-0.39, 0.29) is 6.54 Å². The third kappa shape index (κ3) is 4.41. The standard InChI is InChI=1S/C13H19FN4O2/c14-13(3-7-18(11-19)8-4-13)10-15-6-9-20-12-2-1-5-16-17-12/h1-2,5,11,15H,3-4,6-10H2. The van der Waals surface area contributed by atoms with Gasteiger partial charge in [0.2, 0.25) is 12.3 Å². The summed E-state index contributed by atoms with van der Waals surface area (Å²) in [6.45, 7) is 2.20. The van der Waals surface area contributed by atoms with E-state index in [2.05, 4.69) is 15.5 Å². The molecule has 0 bridgehead atoms. The highest BCUT2D eigenvalue weighted by atomic mass is 19.1. The van der Waals surface area contributed by atoms with Crippen molar-refractivity contribution in [2.24, 2.45) is 0 Å². The molecular weight excluding hydrogens is 263 g/mol. The smallest absolute Gasteiger partial charge is 0.233 e. The lowest BCUT2D eigenvalue weighted by Gasteiger charge is -2.34. The highest BCUT2D eigenvalue weighted by molar-refractivity contribution is 5.47. The highest BCUT2D eigenvalue weighted by Gasteiger charge is 2.33. The second kappa shape index (κ2) is 7.14. The van der Waals surface area contributed by atoms with Crippen molar-refractivity contribution in [2.75, 3.05) is 32.8 Å². The van der Waals surface area contributed by atoms with Gasteiger partial charge >= 0.3 is 0 Å². The van der Waals surface area contributed by atoms with Crippen molar-refractivity contribution in [3.05, 3.63) is 18.3 Å². The van der Waals surface area contributed by atoms with Crippen molar-refractivity contribution in [3.63, 3.8) is 0 Å². The lowest BCUT2D eigenvalue weighted by atomic mass is 9.93. The Kier molecular flexibility index (Phi) is 5.23. The predicted molar refractivity (Wildman–Crippen MR) is 71.1 cm³/mol. The van der Waals surface area contributed by atoms with Gasteiger partial charge in [-0.15, -0.1) is 5.10 Å². The van der Waals surface area contributed by atoms with Crippen LogP contribution in [0.15, 0.2) is 18.3 Å². The number of piperidine rings is 1. The highest BCUT2D eigenvalue weighted by Crippen LogP contribution is 2.24. The third-order valence-electron chi connectivity index (χ3n) is 3.36. The number of halogens is 1. The Morgan fingerprint density at radius 3 is 2.95 bits per heavy atom. The van der Waals surface area contributed by atoms with Gasteiger partial charge in [0, 0.05) is 51.3 Å². The first kappa shape index (κ1) is 14.6. The normalized spacial score (nSPS) is 17.8. The number of hydrogen-bond donors (Lipinski definition) is 1. The van der Waals surface area contributed by atoms with Gasteiger partial charge in [0.15, 0.2) is 0 Å². The van der Waals surface area contributed by atoms with Crippen molar-refractivity contribution in [1.29, 1.82) is 0 Å². The molecule has 1 amide bonds. The molecule has 110 valence electrons. The summed E-state index contributed by atoms with van der Waals surface area (Å²) < 4.78 is 19.7. The van der Waals surface area contributed by atoms with E-state index in [1.807, 2.05) is 0 Å². The number of nitrogens with one attached hydrogen (secondary N) is 1. The van der Waals surface area contributed by atoms with Crippen LogP contribution in [0.1, 0.15) is 12.8 Å². The van der Waals surface area contributed by atoms with Crippen molar-refractivity contribution in [1.82, 2.24) is 20.4 Å². The van der Waals surface area contributed by atoms with Crippen LogP contribution in [0, 0.1) is 0 Å². The van der Waals surface area contributed by atoms with Gasteiger partial charge in [-0.25, -0.2) is 4.39 Å². The van der Waals surface area contributed by atoms with Gasteiger partial charge in [0.05, 0.1) is 0 Å². The summed E-state index contributed by atoms with van der Waals surface area (Å²) >= 11 is 0. The van der Waals surface area contributed by atoms with Gasteiger partial charge in [-0.2, -0.15) is 5.10 Å². The summed E-state index contributed by atoms with van der Waals surface area (Å²) in [6.07, 6.45) is 3.11. The molecule has 6 nitrogen and oxygen atoms in total. The Morgan fingerprint density at radius 1 is 1.50 bits per heavy atom. The predicted octanol–water partition coefficient (Wildman–Crippen LogP) is 0.405. The molecule has 0 atom stereocenters. The molecular formula is C13H19FN4O2. The van der Waals surface area contributed by atoms with Crippen LogP contribution < -0.4 is 10.1 Å². The molecule has 1 aromatic rings. The number of carbonyl (C=O) groups excluding carboxylic acids is 1. The van der Waals surface area contributed by atoms with E-state index in [0.717, 1.165) is 6.41 Å². The number of amides is 1. The van der Waals surface area contributed by atoms with Crippen molar-refractivity contribution in [2.45, 2.75) is 18.5 Å². The van der Waals surface area contributed by atoms with Crippen LogP contribution >= 0.6 is 0 Å². The summed E-state index contributed by atoms with van der Waals surface area (Å²) in [5, 5.41) is 10.5.